The maximum absolute atomic E-state index is 12.5. The molecule has 3 rings (SSSR count). The number of pyridine rings is 1. The molecule has 1 aliphatic heterocycles. The molecule has 0 radical (unpaired) electrons. The summed E-state index contributed by atoms with van der Waals surface area (Å²) in [5, 5.41) is 9.06. The van der Waals surface area contributed by atoms with Crippen LogP contribution in [0.25, 0.3) is 0 Å². The number of aryl methyl sites for hydroxylation is 2. The van der Waals surface area contributed by atoms with Crippen LogP contribution in [0.15, 0.2) is 35.4 Å². The van der Waals surface area contributed by atoms with Crippen molar-refractivity contribution in [3.8, 4) is 0 Å². The molecule has 0 saturated carbocycles. The summed E-state index contributed by atoms with van der Waals surface area (Å²) in [5.74, 6) is -0.412. The number of nitrogen functional groups attached to an aromatic ring is 1. The summed E-state index contributed by atoms with van der Waals surface area (Å²) < 4.78 is 0. The Morgan fingerprint density at radius 3 is 2.79 bits per heavy atom. The van der Waals surface area contributed by atoms with Crippen LogP contribution in [-0.4, -0.2) is 34.6 Å². The summed E-state index contributed by atoms with van der Waals surface area (Å²) >= 11 is 0. The zero-order valence-electron chi connectivity index (χ0n) is 16.0. The molecule has 1 aromatic heterocycles. The van der Waals surface area contributed by atoms with Crippen LogP contribution in [-0.2, 0) is 17.9 Å². The topological polar surface area (TPSA) is 127 Å². The van der Waals surface area contributed by atoms with E-state index in [1.165, 1.54) is 0 Å². The van der Waals surface area contributed by atoms with Gasteiger partial charge in [-0.05, 0) is 48.7 Å². The summed E-state index contributed by atoms with van der Waals surface area (Å²) in [6, 6.07) is 8.89. The van der Waals surface area contributed by atoms with E-state index in [4.69, 9.17) is 11.5 Å². The van der Waals surface area contributed by atoms with Gasteiger partial charge in [-0.1, -0.05) is 12.1 Å². The van der Waals surface area contributed by atoms with Gasteiger partial charge in [0.15, 0.2) is 0 Å². The van der Waals surface area contributed by atoms with Crippen molar-refractivity contribution in [3.05, 3.63) is 58.3 Å². The third kappa shape index (κ3) is 4.46. The highest BCUT2D eigenvalue weighted by Crippen LogP contribution is 2.16. The van der Waals surface area contributed by atoms with Crippen molar-refractivity contribution >= 4 is 23.8 Å². The van der Waals surface area contributed by atoms with Crippen LogP contribution in [0.5, 0.6) is 0 Å². The molecule has 146 valence electrons. The second-order valence-electron chi connectivity index (χ2n) is 6.93. The Morgan fingerprint density at radius 2 is 2.07 bits per heavy atom. The highest BCUT2D eigenvalue weighted by molar-refractivity contribution is 5.94. The maximum atomic E-state index is 12.5. The van der Waals surface area contributed by atoms with Crippen molar-refractivity contribution in [2.75, 3.05) is 12.3 Å². The molecule has 0 bridgehead atoms. The van der Waals surface area contributed by atoms with Crippen molar-refractivity contribution in [1.82, 2.24) is 15.3 Å². The minimum atomic E-state index is -0.466. The van der Waals surface area contributed by atoms with Gasteiger partial charge in [0.1, 0.15) is 5.82 Å². The number of nitrogens with one attached hydrogen (secondary N) is 1. The molecule has 2 aromatic rings. The standard InChI is InChI=1S/C20H24N6O2/c1-12-6-18(21)25-13(2)17(12)9-23-20(28)16-8-24-26(11-16)10-14-4-3-5-15(7-14)19(22)27/h3-8,16H,9-11H2,1-2H3,(H2,21,25)(H2,22,27)(H,23,28). The predicted octanol–water partition coefficient (Wildman–Crippen LogP) is 1.11. The molecule has 2 heterocycles. The Kier molecular flexibility index (Phi) is 5.58. The van der Waals surface area contributed by atoms with E-state index < -0.39 is 5.91 Å². The number of primary amides is 1. The largest absolute Gasteiger partial charge is 0.384 e. The van der Waals surface area contributed by atoms with Crippen LogP contribution in [0.2, 0.25) is 0 Å². The zero-order chi connectivity index (χ0) is 20.3. The minimum Gasteiger partial charge on any atom is -0.384 e. The van der Waals surface area contributed by atoms with Crippen LogP contribution in [0, 0.1) is 19.8 Å². The van der Waals surface area contributed by atoms with Gasteiger partial charge in [0.2, 0.25) is 11.8 Å². The van der Waals surface area contributed by atoms with E-state index in [9.17, 15) is 9.59 Å². The number of carbonyl (C=O) groups is 2. The SMILES string of the molecule is Cc1cc(N)nc(C)c1CNC(=O)C1C=NN(Cc2cccc(C(N)=O)c2)C1. The number of aromatic nitrogens is 1. The highest BCUT2D eigenvalue weighted by Gasteiger charge is 2.24. The fraction of sp³-hybridized carbons (Fsp3) is 0.300. The van der Waals surface area contributed by atoms with Gasteiger partial charge in [-0.2, -0.15) is 5.10 Å². The first-order valence-corrected chi connectivity index (χ1v) is 9.01. The van der Waals surface area contributed by atoms with Gasteiger partial charge in [0.05, 0.1) is 19.0 Å². The Hall–Kier alpha value is -3.42. The van der Waals surface area contributed by atoms with E-state index in [2.05, 4.69) is 15.4 Å². The molecule has 2 amide bonds. The lowest BCUT2D eigenvalue weighted by molar-refractivity contribution is -0.123. The number of rotatable bonds is 6. The van der Waals surface area contributed by atoms with Gasteiger partial charge in [-0.25, -0.2) is 4.98 Å². The first-order chi connectivity index (χ1) is 13.3. The fourth-order valence-corrected chi connectivity index (χ4v) is 3.25. The zero-order valence-corrected chi connectivity index (χ0v) is 16.0. The number of nitrogens with zero attached hydrogens (tertiary/aromatic N) is 3. The lowest BCUT2D eigenvalue weighted by Crippen LogP contribution is -2.34. The fourth-order valence-electron chi connectivity index (χ4n) is 3.25. The molecule has 0 aliphatic carbocycles. The molecule has 1 aliphatic rings. The van der Waals surface area contributed by atoms with E-state index in [1.807, 2.05) is 19.9 Å². The summed E-state index contributed by atoms with van der Waals surface area (Å²) in [7, 11) is 0. The van der Waals surface area contributed by atoms with Crippen LogP contribution in [0.1, 0.15) is 32.7 Å². The third-order valence-electron chi connectivity index (χ3n) is 4.74. The molecule has 1 aromatic carbocycles. The van der Waals surface area contributed by atoms with Crippen molar-refractivity contribution in [2.45, 2.75) is 26.9 Å². The maximum Gasteiger partial charge on any atom is 0.248 e. The molecular formula is C20H24N6O2. The van der Waals surface area contributed by atoms with Crippen LogP contribution < -0.4 is 16.8 Å². The molecular weight excluding hydrogens is 356 g/mol. The van der Waals surface area contributed by atoms with Gasteiger partial charge in [-0.3, -0.25) is 14.6 Å². The number of hydrazone groups is 1. The molecule has 8 nitrogen and oxygen atoms in total. The Balaban J connectivity index is 1.56. The minimum absolute atomic E-state index is 0.0900. The lowest BCUT2D eigenvalue weighted by atomic mass is 10.1. The van der Waals surface area contributed by atoms with E-state index in [0.29, 0.717) is 31.0 Å². The second-order valence-corrected chi connectivity index (χ2v) is 6.93. The number of hydrogen-bond donors (Lipinski definition) is 3. The Bertz CT molecular complexity index is 917. The van der Waals surface area contributed by atoms with Crippen molar-refractivity contribution in [3.63, 3.8) is 0 Å². The summed E-state index contributed by atoms with van der Waals surface area (Å²) in [6.07, 6.45) is 1.65. The number of amides is 2. The molecule has 28 heavy (non-hydrogen) atoms. The van der Waals surface area contributed by atoms with Crippen LogP contribution >= 0.6 is 0 Å². The molecule has 0 spiro atoms. The smallest absolute Gasteiger partial charge is 0.248 e. The molecule has 0 fully saturated rings. The Labute approximate surface area is 163 Å². The number of carbonyl (C=O) groups excluding carboxylic acids is 2. The third-order valence-corrected chi connectivity index (χ3v) is 4.74. The van der Waals surface area contributed by atoms with Gasteiger partial charge in [0, 0.05) is 24.0 Å². The molecule has 8 heteroatoms. The summed E-state index contributed by atoms with van der Waals surface area (Å²) in [5.41, 5.74) is 15.2. The predicted molar refractivity (Wildman–Crippen MR) is 107 cm³/mol. The lowest BCUT2D eigenvalue weighted by Gasteiger charge is -2.17. The van der Waals surface area contributed by atoms with Crippen LogP contribution in [0.4, 0.5) is 5.82 Å². The average molecular weight is 380 g/mol. The van der Waals surface area contributed by atoms with Crippen LogP contribution in [0.3, 0.4) is 0 Å². The molecule has 1 atom stereocenters. The quantitative estimate of drug-likeness (QED) is 0.692. The van der Waals surface area contributed by atoms with Gasteiger partial charge in [-0.15, -0.1) is 0 Å². The van der Waals surface area contributed by atoms with E-state index >= 15 is 0 Å². The van der Waals surface area contributed by atoms with E-state index in [-0.39, 0.29) is 11.8 Å². The molecule has 1 unspecified atom stereocenters. The normalized spacial score (nSPS) is 15.6. The van der Waals surface area contributed by atoms with Gasteiger partial charge in [0.25, 0.3) is 0 Å². The van der Waals surface area contributed by atoms with Gasteiger partial charge >= 0.3 is 0 Å². The van der Waals surface area contributed by atoms with Crippen molar-refractivity contribution < 1.29 is 9.59 Å². The summed E-state index contributed by atoms with van der Waals surface area (Å²) in [4.78, 5) is 28.1. The first-order valence-electron chi connectivity index (χ1n) is 9.01. The molecule has 0 saturated heterocycles. The first kappa shape index (κ1) is 19.3. The number of anilines is 1. The number of nitrogens with two attached hydrogens (primary N) is 2. The number of benzene rings is 1. The number of hydrogen-bond acceptors (Lipinski definition) is 6. The summed E-state index contributed by atoms with van der Waals surface area (Å²) in [6.45, 7) is 5.20. The van der Waals surface area contributed by atoms with Gasteiger partial charge < -0.3 is 16.8 Å². The molecule has 5 N–H and O–H groups in total. The monoisotopic (exact) mass is 380 g/mol. The van der Waals surface area contributed by atoms with Crippen molar-refractivity contribution in [2.24, 2.45) is 16.8 Å². The van der Waals surface area contributed by atoms with E-state index in [1.54, 1.807) is 35.5 Å². The highest BCUT2D eigenvalue weighted by atomic mass is 16.2. The van der Waals surface area contributed by atoms with E-state index in [0.717, 1.165) is 22.4 Å². The second kappa shape index (κ2) is 8.08. The van der Waals surface area contributed by atoms with Crippen molar-refractivity contribution in [1.29, 1.82) is 0 Å². The Morgan fingerprint density at radius 1 is 1.29 bits per heavy atom. The average Bonchev–Trinajstić information content (AvgIpc) is 3.09.